The summed E-state index contributed by atoms with van der Waals surface area (Å²) in [5.41, 5.74) is 3.91. The number of hydrogen-bond donors (Lipinski definition) is 1. The normalized spacial score (nSPS) is 11.2. The van der Waals surface area contributed by atoms with Crippen LogP contribution < -0.4 is 5.32 Å². The second-order valence-corrected chi connectivity index (χ2v) is 5.97. The number of aromatic nitrogens is 4. The number of carbonyl (C=O) groups excluding carboxylic acids is 1. The van der Waals surface area contributed by atoms with E-state index in [2.05, 4.69) is 15.3 Å². The standard InChI is InChI=1S/C19H19N5O/c25-19(9-12-24-14-21-16-5-1-2-6-17(16)24)20-10-8-15-13-23-11-4-3-7-18(23)22-15/h1-7,11,13-14H,8-10,12H2,(H,20,25). The molecule has 3 aromatic heterocycles. The van der Waals surface area contributed by atoms with Crippen molar-refractivity contribution in [2.24, 2.45) is 0 Å². The van der Waals surface area contributed by atoms with E-state index in [9.17, 15) is 4.79 Å². The number of pyridine rings is 1. The van der Waals surface area contributed by atoms with Crippen LogP contribution in [0, 0.1) is 0 Å². The predicted octanol–water partition coefficient (Wildman–Crippen LogP) is 2.43. The molecule has 25 heavy (non-hydrogen) atoms. The molecule has 126 valence electrons. The van der Waals surface area contributed by atoms with Gasteiger partial charge in [0.2, 0.25) is 5.91 Å². The van der Waals surface area contributed by atoms with Gasteiger partial charge in [-0.1, -0.05) is 18.2 Å². The summed E-state index contributed by atoms with van der Waals surface area (Å²) >= 11 is 0. The quantitative estimate of drug-likeness (QED) is 0.589. The number of amides is 1. The molecule has 0 fully saturated rings. The van der Waals surface area contributed by atoms with Crippen molar-refractivity contribution < 1.29 is 4.79 Å². The maximum Gasteiger partial charge on any atom is 0.221 e. The van der Waals surface area contributed by atoms with Crippen molar-refractivity contribution in [2.75, 3.05) is 6.54 Å². The van der Waals surface area contributed by atoms with Crippen LogP contribution in [0.5, 0.6) is 0 Å². The molecule has 0 unspecified atom stereocenters. The SMILES string of the molecule is O=C(CCn1cnc2ccccc21)NCCc1cn2ccccc2n1. The number of nitrogens with one attached hydrogen (secondary N) is 1. The maximum atomic E-state index is 12.1. The van der Waals surface area contributed by atoms with Crippen LogP contribution in [-0.4, -0.2) is 31.4 Å². The first-order valence-corrected chi connectivity index (χ1v) is 8.39. The van der Waals surface area contributed by atoms with Gasteiger partial charge in [-0.15, -0.1) is 0 Å². The molecule has 1 N–H and O–H groups in total. The van der Waals surface area contributed by atoms with E-state index in [-0.39, 0.29) is 5.91 Å². The Labute approximate surface area is 145 Å². The van der Waals surface area contributed by atoms with E-state index >= 15 is 0 Å². The van der Waals surface area contributed by atoms with Gasteiger partial charge in [0, 0.05) is 38.3 Å². The minimum Gasteiger partial charge on any atom is -0.356 e. The Bertz CT molecular complexity index is 984. The molecule has 0 spiro atoms. The molecule has 1 aromatic carbocycles. The molecule has 0 radical (unpaired) electrons. The minimum absolute atomic E-state index is 0.0431. The number of nitrogens with zero attached hydrogens (tertiary/aromatic N) is 4. The third kappa shape index (κ3) is 3.38. The van der Waals surface area contributed by atoms with Crippen LogP contribution in [0.15, 0.2) is 61.2 Å². The van der Waals surface area contributed by atoms with E-state index in [1.807, 2.05) is 63.8 Å². The first-order chi connectivity index (χ1) is 12.3. The third-order valence-corrected chi connectivity index (χ3v) is 4.22. The Hall–Kier alpha value is -3.15. The number of hydrogen-bond acceptors (Lipinski definition) is 3. The van der Waals surface area contributed by atoms with Crippen LogP contribution in [0.1, 0.15) is 12.1 Å². The summed E-state index contributed by atoms with van der Waals surface area (Å²) in [6.07, 6.45) is 6.92. The number of benzene rings is 1. The fourth-order valence-corrected chi connectivity index (χ4v) is 2.94. The zero-order valence-corrected chi connectivity index (χ0v) is 13.8. The summed E-state index contributed by atoms with van der Waals surface area (Å²) in [7, 11) is 0. The molecule has 0 aliphatic heterocycles. The highest BCUT2D eigenvalue weighted by Gasteiger charge is 2.06. The van der Waals surface area contributed by atoms with E-state index < -0.39 is 0 Å². The molecule has 4 rings (SSSR count). The van der Waals surface area contributed by atoms with E-state index in [1.54, 1.807) is 6.33 Å². The molecule has 0 bridgehead atoms. The summed E-state index contributed by atoms with van der Waals surface area (Å²) in [4.78, 5) is 20.9. The molecule has 6 heteroatoms. The largest absolute Gasteiger partial charge is 0.356 e. The first-order valence-electron chi connectivity index (χ1n) is 8.39. The van der Waals surface area contributed by atoms with Gasteiger partial charge in [0.15, 0.2) is 0 Å². The number of rotatable bonds is 6. The monoisotopic (exact) mass is 333 g/mol. The van der Waals surface area contributed by atoms with Gasteiger partial charge in [-0.05, 0) is 24.3 Å². The third-order valence-electron chi connectivity index (χ3n) is 4.22. The molecular weight excluding hydrogens is 314 g/mol. The Balaban J connectivity index is 1.27. The Kier molecular flexibility index (Phi) is 4.16. The van der Waals surface area contributed by atoms with E-state index in [1.165, 1.54) is 0 Å². The fraction of sp³-hybridized carbons (Fsp3) is 0.211. The van der Waals surface area contributed by atoms with Crippen LogP contribution in [-0.2, 0) is 17.8 Å². The number of aryl methyl sites for hydroxylation is 1. The van der Waals surface area contributed by atoms with Crippen molar-refractivity contribution in [2.45, 2.75) is 19.4 Å². The lowest BCUT2D eigenvalue weighted by Crippen LogP contribution is -2.26. The second kappa shape index (κ2) is 6.76. The Morgan fingerprint density at radius 1 is 1.12 bits per heavy atom. The number of para-hydroxylation sites is 2. The van der Waals surface area contributed by atoms with Gasteiger partial charge in [0.1, 0.15) is 5.65 Å². The van der Waals surface area contributed by atoms with Gasteiger partial charge in [0.25, 0.3) is 0 Å². The topological polar surface area (TPSA) is 64.2 Å². The molecule has 6 nitrogen and oxygen atoms in total. The maximum absolute atomic E-state index is 12.1. The van der Waals surface area contributed by atoms with E-state index in [4.69, 9.17) is 0 Å². The van der Waals surface area contributed by atoms with Crippen molar-refractivity contribution >= 4 is 22.6 Å². The molecule has 1 amide bonds. The molecular formula is C19H19N5O. The molecule has 3 heterocycles. The van der Waals surface area contributed by atoms with Crippen LogP contribution in [0.3, 0.4) is 0 Å². The van der Waals surface area contributed by atoms with Crippen molar-refractivity contribution in [3.63, 3.8) is 0 Å². The molecule has 0 aliphatic rings. The zero-order valence-electron chi connectivity index (χ0n) is 13.8. The summed E-state index contributed by atoms with van der Waals surface area (Å²) in [6, 6.07) is 13.8. The number of imidazole rings is 2. The summed E-state index contributed by atoms with van der Waals surface area (Å²) in [5.74, 6) is 0.0431. The molecule has 0 saturated carbocycles. The van der Waals surface area contributed by atoms with Crippen LogP contribution >= 0.6 is 0 Å². The lowest BCUT2D eigenvalue weighted by Gasteiger charge is -2.06. The van der Waals surface area contributed by atoms with Gasteiger partial charge in [-0.3, -0.25) is 4.79 Å². The summed E-state index contributed by atoms with van der Waals surface area (Å²) in [6.45, 7) is 1.22. The lowest BCUT2D eigenvalue weighted by molar-refractivity contribution is -0.121. The highest BCUT2D eigenvalue weighted by atomic mass is 16.1. The van der Waals surface area contributed by atoms with Gasteiger partial charge in [0.05, 0.1) is 23.1 Å². The predicted molar refractivity (Wildman–Crippen MR) is 96.3 cm³/mol. The van der Waals surface area contributed by atoms with Crippen molar-refractivity contribution in [3.05, 3.63) is 66.9 Å². The van der Waals surface area contributed by atoms with Gasteiger partial charge >= 0.3 is 0 Å². The Morgan fingerprint density at radius 2 is 2.00 bits per heavy atom. The lowest BCUT2D eigenvalue weighted by atomic mass is 10.3. The number of carbonyl (C=O) groups is 1. The van der Waals surface area contributed by atoms with Crippen molar-refractivity contribution in [1.29, 1.82) is 0 Å². The summed E-state index contributed by atoms with van der Waals surface area (Å²) < 4.78 is 4.00. The highest BCUT2D eigenvalue weighted by molar-refractivity contribution is 5.77. The fourth-order valence-electron chi connectivity index (χ4n) is 2.94. The van der Waals surface area contributed by atoms with E-state index in [0.29, 0.717) is 19.5 Å². The van der Waals surface area contributed by atoms with Crippen LogP contribution in [0.2, 0.25) is 0 Å². The van der Waals surface area contributed by atoms with Gasteiger partial charge in [-0.2, -0.15) is 0 Å². The van der Waals surface area contributed by atoms with Crippen molar-refractivity contribution in [1.82, 2.24) is 24.3 Å². The average molecular weight is 333 g/mol. The molecule has 0 aliphatic carbocycles. The average Bonchev–Trinajstić information content (AvgIpc) is 3.23. The van der Waals surface area contributed by atoms with Crippen molar-refractivity contribution in [3.8, 4) is 0 Å². The zero-order chi connectivity index (χ0) is 17.1. The molecule has 4 aromatic rings. The van der Waals surface area contributed by atoms with Gasteiger partial charge in [-0.25, -0.2) is 9.97 Å². The van der Waals surface area contributed by atoms with Crippen LogP contribution in [0.4, 0.5) is 0 Å². The highest BCUT2D eigenvalue weighted by Crippen LogP contribution is 2.12. The molecule has 0 atom stereocenters. The smallest absolute Gasteiger partial charge is 0.221 e. The molecule has 0 saturated heterocycles. The van der Waals surface area contributed by atoms with Gasteiger partial charge < -0.3 is 14.3 Å². The Morgan fingerprint density at radius 3 is 2.92 bits per heavy atom. The summed E-state index contributed by atoms with van der Waals surface area (Å²) in [5, 5.41) is 2.96. The van der Waals surface area contributed by atoms with E-state index in [0.717, 1.165) is 28.8 Å². The first kappa shape index (κ1) is 15.4. The van der Waals surface area contributed by atoms with Crippen LogP contribution in [0.25, 0.3) is 16.7 Å². The minimum atomic E-state index is 0.0431. The second-order valence-electron chi connectivity index (χ2n) is 5.97. The number of fused-ring (bicyclic) bond motifs is 2.